The Morgan fingerprint density at radius 3 is 2.56 bits per heavy atom. The minimum Gasteiger partial charge on any atom is -0.465 e. The average molecular weight is 343 g/mol. The Labute approximate surface area is 142 Å². The van der Waals surface area contributed by atoms with Crippen molar-refractivity contribution in [3.05, 3.63) is 46.5 Å². The van der Waals surface area contributed by atoms with Crippen molar-refractivity contribution >= 4 is 28.6 Å². The third-order valence-corrected chi connectivity index (χ3v) is 3.62. The van der Waals surface area contributed by atoms with Gasteiger partial charge in [0.2, 0.25) is 0 Å². The van der Waals surface area contributed by atoms with E-state index in [1.807, 2.05) is 0 Å². The van der Waals surface area contributed by atoms with E-state index < -0.39 is 17.6 Å². The Morgan fingerprint density at radius 1 is 1.12 bits per heavy atom. The van der Waals surface area contributed by atoms with Gasteiger partial charge in [-0.2, -0.15) is 0 Å². The molecule has 2 heterocycles. The molecule has 130 valence electrons. The highest BCUT2D eigenvalue weighted by atomic mass is 16.5. The summed E-state index contributed by atoms with van der Waals surface area (Å²) in [5, 5.41) is 0. The highest BCUT2D eigenvalue weighted by Crippen LogP contribution is 2.18. The molecule has 8 nitrogen and oxygen atoms in total. The number of fused-ring (bicyclic) bond motifs is 3. The number of hydrogen-bond acceptors (Lipinski definition) is 6. The molecule has 0 bridgehead atoms. The van der Waals surface area contributed by atoms with E-state index >= 15 is 0 Å². The fourth-order valence-corrected chi connectivity index (χ4v) is 2.61. The van der Waals surface area contributed by atoms with E-state index in [1.54, 1.807) is 38.1 Å². The second-order valence-corrected chi connectivity index (χ2v) is 5.24. The van der Waals surface area contributed by atoms with E-state index in [2.05, 4.69) is 4.98 Å². The number of carbonyl (C=O) groups is 2. The molecule has 0 spiro atoms. The van der Waals surface area contributed by atoms with Gasteiger partial charge >= 0.3 is 17.6 Å². The van der Waals surface area contributed by atoms with Gasteiger partial charge in [-0.3, -0.25) is 9.36 Å². The lowest BCUT2D eigenvalue weighted by Gasteiger charge is -2.10. The molecule has 3 rings (SSSR count). The van der Waals surface area contributed by atoms with Crippen molar-refractivity contribution in [1.82, 2.24) is 14.0 Å². The summed E-state index contributed by atoms with van der Waals surface area (Å²) in [6.45, 7) is 3.45. The predicted octanol–water partition coefficient (Wildman–Crippen LogP) is 1.39. The molecule has 0 fully saturated rings. The lowest BCUT2D eigenvalue weighted by Crippen LogP contribution is -2.31. The Bertz CT molecular complexity index is 1020. The summed E-state index contributed by atoms with van der Waals surface area (Å²) in [7, 11) is 0. The first-order valence-electron chi connectivity index (χ1n) is 7.90. The Balaban J connectivity index is 2.28. The van der Waals surface area contributed by atoms with Crippen LogP contribution in [0.25, 0.3) is 16.7 Å². The standard InChI is InChI=1S/C17H17N3O5/c1-3-24-14(21)10-19-9-11(16(22)25-4-2)15-18-12-7-5-6-8-13(12)20(15)17(19)23/h5-9H,3-4,10H2,1-2H3. The molecule has 0 aliphatic rings. The summed E-state index contributed by atoms with van der Waals surface area (Å²) in [4.78, 5) is 41.3. The number of ether oxygens (including phenoxy) is 2. The van der Waals surface area contributed by atoms with Crippen molar-refractivity contribution in [3.8, 4) is 0 Å². The fraction of sp³-hybridized carbons (Fsp3) is 0.294. The second-order valence-electron chi connectivity index (χ2n) is 5.24. The molecule has 0 aliphatic carbocycles. The molecule has 0 unspecified atom stereocenters. The summed E-state index contributed by atoms with van der Waals surface area (Å²) in [6, 6.07) is 7.02. The van der Waals surface area contributed by atoms with Crippen molar-refractivity contribution in [1.29, 1.82) is 0 Å². The van der Waals surface area contributed by atoms with Gasteiger partial charge in [0, 0.05) is 6.20 Å². The molecule has 8 heteroatoms. The van der Waals surface area contributed by atoms with Crippen LogP contribution in [0.4, 0.5) is 0 Å². The van der Waals surface area contributed by atoms with E-state index in [9.17, 15) is 14.4 Å². The number of imidazole rings is 1. The van der Waals surface area contributed by atoms with E-state index in [4.69, 9.17) is 9.47 Å². The molecule has 0 saturated carbocycles. The van der Waals surface area contributed by atoms with Gasteiger partial charge in [0.05, 0.1) is 24.2 Å². The van der Waals surface area contributed by atoms with Gasteiger partial charge < -0.3 is 9.47 Å². The van der Waals surface area contributed by atoms with Gasteiger partial charge in [-0.1, -0.05) is 12.1 Å². The molecular formula is C17H17N3O5. The maximum absolute atomic E-state index is 12.8. The summed E-state index contributed by atoms with van der Waals surface area (Å²) in [6.07, 6.45) is 1.29. The number of aromatic nitrogens is 3. The van der Waals surface area contributed by atoms with E-state index in [0.717, 1.165) is 4.57 Å². The van der Waals surface area contributed by atoms with Crippen LogP contribution in [0, 0.1) is 0 Å². The molecule has 25 heavy (non-hydrogen) atoms. The van der Waals surface area contributed by atoms with Crippen LogP contribution in [0.2, 0.25) is 0 Å². The lowest BCUT2D eigenvalue weighted by atomic mass is 10.3. The zero-order valence-corrected chi connectivity index (χ0v) is 13.9. The molecule has 1 aromatic carbocycles. The third-order valence-electron chi connectivity index (χ3n) is 3.62. The van der Waals surface area contributed by atoms with Crippen molar-refractivity contribution in [2.75, 3.05) is 13.2 Å². The Kier molecular flexibility index (Phi) is 4.51. The zero-order chi connectivity index (χ0) is 18.0. The Morgan fingerprint density at radius 2 is 1.84 bits per heavy atom. The van der Waals surface area contributed by atoms with Crippen LogP contribution < -0.4 is 5.69 Å². The van der Waals surface area contributed by atoms with Crippen molar-refractivity contribution in [2.24, 2.45) is 0 Å². The molecule has 0 N–H and O–H groups in total. The quantitative estimate of drug-likeness (QED) is 0.650. The number of nitrogens with zero attached hydrogens (tertiary/aromatic N) is 3. The Hall–Kier alpha value is -3.16. The van der Waals surface area contributed by atoms with Crippen molar-refractivity contribution in [3.63, 3.8) is 0 Å². The first-order chi connectivity index (χ1) is 12.1. The SMILES string of the molecule is CCOC(=O)Cn1cc(C(=O)OCC)c2nc3ccccc3n2c1=O. The van der Waals surface area contributed by atoms with E-state index in [0.29, 0.717) is 11.0 Å². The first-order valence-corrected chi connectivity index (χ1v) is 7.90. The minimum absolute atomic E-state index is 0.113. The monoisotopic (exact) mass is 343 g/mol. The van der Waals surface area contributed by atoms with Gasteiger partial charge in [-0.25, -0.2) is 19.0 Å². The fourth-order valence-electron chi connectivity index (χ4n) is 2.61. The van der Waals surface area contributed by atoms with Gasteiger partial charge in [0.1, 0.15) is 12.1 Å². The number of hydrogen-bond donors (Lipinski definition) is 0. The molecular weight excluding hydrogens is 326 g/mol. The molecule has 3 aromatic rings. The van der Waals surface area contributed by atoms with Gasteiger partial charge in [0.15, 0.2) is 5.65 Å². The summed E-state index contributed by atoms with van der Waals surface area (Å²) in [5.41, 5.74) is 0.946. The number of para-hydroxylation sites is 2. The molecule has 0 amide bonds. The number of esters is 2. The second kappa shape index (κ2) is 6.76. The maximum Gasteiger partial charge on any atom is 0.343 e. The number of rotatable bonds is 5. The zero-order valence-electron chi connectivity index (χ0n) is 13.9. The molecule has 2 aromatic heterocycles. The van der Waals surface area contributed by atoms with Crippen LogP contribution in [0.3, 0.4) is 0 Å². The number of carbonyl (C=O) groups excluding carboxylic acids is 2. The van der Waals surface area contributed by atoms with Crippen LogP contribution >= 0.6 is 0 Å². The van der Waals surface area contributed by atoms with E-state index in [-0.39, 0.29) is 31.0 Å². The minimum atomic E-state index is -0.611. The van der Waals surface area contributed by atoms with Crippen LogP contribution in [-0.2, 0) is 20.8 Å². The summed E-state index contributed by atoms with van der Waals surface area (Å²) in [5.74, 6) is -1.18. The van der Waals surface area contributed by atoms with Gasteiger partial charge in [-0.05, 0) is 26.0 Å². The number of benzene rings is 1. The predicted molar refractivity (Wildman–Crippen MR) is 89.5 cm³/mol. The van der Waals surface area contributed by atoms with Crippen molar-refractivity contribution in [2.45, 2.75) is 20.4 Å². The lowest BCUT2D eigenvalue weighted by molar-refractivity contribution is -0.143. The smallest absolute Gasteiger partial charge is 0.343 e. The topological polar surface area (TPSA) is 91.9 Å². The molecule has 0 saturated heterocycles. The average Bonchev–Trinajstić information content (AvgIpc) is 2.97. The maximum atomic E-state index is 12.8. The van der Waals surface area contributed by atoms with Crippen LogP contribution in [0.1, 0.15) is 24.2 Å². The highest BCUT2D eigenvalue weighted by Gasteiger charge is 2.20. The van der Waals surface area contributed by atoms with E-state index in [1.165, 1.54) is 10.6 Å². The largest absolute Gasteiger partial charge is 0.465 e. The molecule has 0 radical (unpaired) electrons. The summed E-state index contributed by atoms with van der Waals surface area (Å²) < 4.78 is 12.4. The van der Waals surface area contributed by atoms with Gasteiger partial charge in [-0.15, -0.1) is 0 Å². The van der Waals surface area contributed by atoms with Crippen LogP contribution in [-0.4, -0.2) is 39.1 Å². The van der Waals surface area contributed by atoms with Gasteiger partial charge in [0.25, 0.3) is 0 Å². The van der Waals surface area contributed by atoms with Crippen LogP contribution in [0.5, 0.6) is 0 Å². The third kappa shape index (κ3) is 2.98. The highest BCUT2D eigenvalue weighted by molar-refractivity contribution is 5.97. The summed E-state index contributed by atoms with van der Waals surface area (Å²) >= 11 is 0. The molecule has 0 aliphatic heterocycles. The van der Waals surface area contributed by atoms with Crippen LogP contribution in [0.15, 0.2) is 35.3 Å². The first kappa shape index (κ1) is 16.7. The normalized spacial score (nSPS) is 11.0. The van der Waals surface area contributed by atoms with Crippen molar-refractivity contribution < 1.29 is 19.1 Å². The molecule has 0 atom stereocenters.